The van der Waals surface area contributed by atoms with E-state index in [-0.39, 0.29) is 12.2 Å². The van der Waals surface area contributed by atoms with Crippen LogP contribution in [0.4, 0.5) is 0 Å². The predicted molar refractivity (Wildman–Crippen MR) is 100 cm³/mol. The Labute approximate surface area is 157 Å². The van der Waals surface area contributed by atoms with Crippen LogP contribution in [0, 0.1) is 0 Å². The van der Waals surface area contributed by atoms with Gasteiger partial charge in [0, 0.05) is 26.2 Å². The maximum atomic E-state index is 12.7. The summed E-state index contributed by atoms with van der Waals surface area (Å²) in [5.41, 5.74) is 3.19. The second kappa shape index (κ2) is 7.85. The fourth-order valence-corrected chi connectivity index (χ4v) is 3.16. The number of rotatable bonds is 6. The van der Waals surface area contributed by atoms with Crippen LogP contribution in [-0.4, -0.2) is 58.4 Å². The summed E-state index contributed by atoms with van der Waals surface area (Å²) in [5, 5.41) is 0. The number of hydrogen-bond donors (Lipinski definition) is 0. The Hall–Kier alpha value is -2.77. The summed E-state index contributed by atoms with van der Waals surface area (Å²) >= 11 is 0. The van der Waals surface area contributed by atoms with Gasteiger partial charge in [0.05, 0.1) is 31.6 Å². The molecular formula is C20H22N4O3. The van der Waals surface area contributed by atoms with Crippen LogP contribution in [0.3, 0.4) is 0 Å². The first kappa shape index (κ1) is 17.6. The maximum absolute atomic E-state index is 12.7. The molecule has 0 radical (unpaired) electrons. The maximum Gasteiger partial charge on any atom is 0.255 e. The van der Waals surface area contributed by atoms with Crippen molar-refractivity contribution in [2.24, 2.45) is 0 Å². The predicted octanol–water partition coefficient (Wildman–Crippen LogP) is 2.31. The zero-order chi connectivity index (χ0) is 18.6. The van der Waals surface area contributed by atoms with Crippen molar-refractivity contribution >= 4 is 17.1 Å². The van der Waals surface area contributed by atoms with E-state index >= 15 is 0 Å². The topological polar surface area (TPSA) is 69.5 Å². The van der Waals surface area contributed by atoms with Gasteiger partial charge in [-0.05, 0) is 11.6 Å². The van der Waals surface area contributed by atoms with Crippen molar-refractivity contribution < 1.29 is 14.3 Å². The van der Waals surface area contributed by atoms with Crippen LogP contribution in [0.25, 0.3) is 11.2 Å². The number of nitrogens with zero attached hydrogens (tertiary/aromatic N) is 4. The number of pyridine rings is 1. The summed E-state index contributed by atoms with van der Waals surface area (Å²) in [6.45, 7) is 2.49. The number of ether oxygens (including phenoxy) is 2. The van der Waals surface area contributed by atoms with Gasteiger partial charge in [-0.2, -0.15) is 0 Å². The molecule has 1 aromatic carbocycles. The minimum atomic E-state index is -0.213. The van der Waals surface area contributed by atoms with Gasteiger partial charge in [-0.25, -0.2) is 9.97 Å². The van der Waals surface area contributed by atoms with Gasteiger partial charge >= 0.3 is 0 Å². The normalized spacial score (nSPS) is 14.7. The van der Waals surface area contributed by atoms with E-state index in [4.69, 9.17) is 9.47 Å². The van der Waals surface area contributed by atoms with E-state index in [2.05, 4.69) is 22.1 Å². The Bertz CT molecular complexity index is 919. The molecule has 27 heavy (non-hydrogen) atoms. The van der Waals surface area contributed by atoms with E-state index in [0.717, 1.165) is 5.65 Å². The molecule has 1 saturated heterocycles. The van der Waals surface area contributed by atoms with E-state index < -0.39 is 0 Å². The fourth-order valence-electron chi connectivity index (χ4n) is 3.16. The Kier molecular flexibility index (Phi) is 5.13. The molecule has 0 aliphatic carbocycles. The Morgan fingerprint density at radius 2 is 2.00 bits per heavy atom. The Balaban J connectivity index is 1.45. The van der Waals surface area contributed by atoms with Crippen molar-refractivity contribution in [3.8, 4) is 0 Å². The van der Waals surface area contributed by atoms with Gasteiger partial charge in [-0.15, -0.1) is 0 Å². The Morgan fingerprint density at radius 3 is 2.78 bits per heavy atom. The van der Waals surface area contributed by atoms with Gasteiger partial charge < -0.3 is 18.9 Å². The molecule has 7 nitrogen and oxygen atoms in total. The van der Waals surface area contributed by atoms with Gasteiger partial charge in [0.1, 0.15) is 5.52 Å². The molecule has 0 unspecified atom stereocenters. The molecule has 4 rings (SSSR count). The lowest BCUT2D eigenvalue weighted by Gasteiger charge is -2.18. The van der Waals surface area contributed by atoms with Crippen molar-refractivity contribution in [2.45, 2.75) is 19.3 Å². The zero-order valence-corrected chi connectivity index (χ0v) is 15.2. The highest BCUT2D eigenvalue weighted by molar-refractivity contribution is 5.96. The van der Waals surface area contributed by atoms with Crippen LogP contribution >= 0.6 is 0 Å². The van der Waals surface area contributed by atoms with E-state index in [1.165, 1.54) is 5.56 Å². The van der Waals surface area contributed by atoms with Crippen LogP contribution < -0.4 is 0 Å². The molecule has 0 atom stereocenters. The first-order chi connectivity index (χ1) is 13.2. The van der Waals surface area contributed by atoms with Gasteiger partial charge in [0.25, 0.3) is 5.91 Å². The fraction of sp³-hybridized carbons (Fsp3) is 0.350. The van der Waals surface area contributed by atoms with E-state index in [1.54, 1.807) is 30.5 Å². The Morgan fingerprint density at radius 1 is 1.22 bits per heavy atom. The largest absolute Gasteiger partial charge is 0.350 e. The molecule has 1 aliphatic rings. The van der Waals surface area contributed by atoms with Crippen molar-refractivity contribution in [2.75, 3.05) is 26.8 Å². The van der Waals surface area contributed by atoms with Crippen LogP contribution in [0.1, 0.15) is 22.3 Å². The molecule has 1 fully saturated rings. The molecule has 0 bridgehead atoms. The highest BCUT2D eigenvalue weighted by Crippen LogP contribution is 2.16. The quantitative estimate of drug-likeness (QED) is 0.670. The number of amides is 1. The number of hydrogen-bond acceptors (Lipinski definition) is 5. The summed E-state index contributed by atoms with van der Waals surface area (Å²) < 4.78 is 12.8. The van der Waals surface area contributed by atoms with Crippen LogP contribution in [0.15, 0.2) is 48.9 Å². The van der Waals surface area contributed by atoms with Gasteiger partial charge in [-0.1, -0.05) is 30.3 Å². The number of carbonyl (C=O) groups is 1. The van der Waals surface area contributed by atoms with Crippen LogP contribution in [0.5, 0.6) is 0 Å². The highest BCUT2D eigenvalue weighted by atomic mass is 16.7. The summed E-state index contributed by atoms with van der Waals surface area (Å²) in [7, 11) is 1.77. The number of imidazole rings is 1. The minimum absolute atomic E-state index is 0.0833. The van der Waals surface area contributed by atoms with Crippen molar-refractivity contribution in [3.05, 3.63) is 60.0 Å². The number of aromatic nitrogens is 3. The third-order valence-corrected chi connectivity index (χ3v) is 4.64. The number of fused-ring (bicyclic) bond motifs is 1. The van der Waals surface area contributed by atoms with Gasteiger partial charge in [0.15, 0.2) is 11.9 Å². The van der Waals surface area contributed by atoms with Crippen LogP contribution in [0.2, 0.25) is 0 Å². The van der Waals surface area contributed by atoms with Crippen molar-refractivity contribution in [1.82, 2.24) is 19.4 Å². The molecule has 7 heteroatoms. The minimum Gasteiger partial charge on any atom is -0.350 e. The first-order valence-corrected chi connectivity index (χ1v) is 9.04. The number of carbonyl (C=O) groups excluding carboxylic acids is 1. The lowest BCUT2D eigenvalue weighted by Crippen LogP contribution is -2.30. The molecule has 1 amide bonds. The summed E-state index contributed by atoms with van der Waals surface area (Å²) in [6, 6.07) is 11.9. The first-order valence-electron chi connectivity index (χ1n) is 9.04. The molecule has 2 aromatic heterocycles. The molecule has 3 aromatic rings. The average Bonchev–Trinajstić information content (AvgIpc) is 3.36. The number of benzene rings is 1. The van der Waals surface area contributed by atoms with E-state index in [9.17, 15) is 4.79 Å². The second-order valence-electron chi connectivity index (χ2n) is 6.61. The van der Waals surface area contributed by atoms with Gasteiger partial charge in [-0.3, -0.25) is 4.79 Å². The lowest BCUT2D eigenvalue weighted by molar-refractivity contribution is -0.0494. The van der Waals surface area contributed by atoms with Gasteiger partial charge in [0.2, 0.25) is 0 Å². The third kappa shape index (κ3) is 3.99. The standard InChI is InChI=1S/C20H22N4O3/c1-23(8-7-18-26-9-10-27-18)20(25)16-11-17-19(21-12-16)24(14-22-17)13-15-5-3-2-4-6-15/h2-6,11-12,14,18H,7-10,13H2,1H3. The molecule has 3 heterocycles. The summed E-state index contributed by atoms with van der Waals surface area (Å²) in [4.78, 5) is 23.2. The zero-order valence-electron chi connectivity index (χ0n) is 15.2. The second-order valence-corrected chi connectivity index (χ2v) is 6.61. The monoisotopic (exact) mass is 366 g/mol. The van der Waals surface area contributed by atoms with Crippen LogP contribution in [-0.2, 0) is 16.0 Å². The molecule has 0 spiro atoms. The molecular weight excluding hydrogens is 344 g/mol. The summed E-state index contributed by atoms with van der Waals surface area (Å²) in [6.07, 6.45) is 3.82. The lowest BCUT2D eigenvalue weighted by atomic mass is 10.2. The SMILES string of the molecule is CN(CCC1OCCO1)C(=O)c1cnc2c(c1)ncn2Cc1ccccc1. The smallest absolute Gasteiger partial charge is 0.255 e. The van der Waals surface area contributed by atoms with E-state index in [1.807, 2.05) is 22.8 Å². The summed E-state index contributed by atoms with van der Waals surface area (Å²) in [5.74, 6) is -0.0833. The molecule has 1 aliphatic heterocycles. The highest BCUT2D eigenvalue weighted by Gasteiger charge is 2.19. The third-order valence-electron chi connectivity index (χ3n) is 4.64. The molecule has 140 valence electrons. The molecule has 0 N–H and O–H groups in total. The van der Waals surface area contributed by atoms with Crippen molar-refractivity contribution in [1.29, 1.82) is 0 Å². The van der Waals surface area contributed by atoms with Crippen molar-refractivity contribution in [3.63, 3.8) is 0 Å². The van der Waals surface area contributed by atoms with E-state index in [0.29, 0.717) is 43.8 Å². The average molecular weight is 366 g/mol. The molecule has 0 saturated carbocycles.